The summed E-state index contributed by atoms with van der Waals surface area (Å²) >= 11 is 0. The lowest BCUT2D eigenvalue weighted by Crippen LogP contribution is -2.12. The Bertz CT molecular complexity index is 2210. The maximum Gasteiger partial charge on any atom is 0.248 e. The van der Waals surface area contributed by atoms with Crippen molar-refractivity contribution in [3.63, 3.8) is 0 Å². The van der Waals surface area contributed by atoms with Gasteiger partial charge in [0.05, 0.1) is 0 Å². The van der Waals surface area contributed by atoms with E-state index in [4.69, 9.17) is 4.42 Å². The number of hydrogen-bond donors (Lipinski definition) is 0. The Balaban J connectivity index is 1.18. The lowest BCUT2D eigenvalue weighted by Gasteiger charge is -2.28. The van der Waals surface area contributed by atoms with E-state index in [0.29, 0.717) is 11.8 Å². The summed E-state index contributed by atoms with van der Waals surface area (Å²) in [6, 6.07) is 66.9. The minimum absolute atomic E-state index is 0.481. The summed E-state index contributed by atoms with van der Waals surface area (Å²) in [5.41, 5.74) is 10.4. The van der Waals surface area contributed by atoms with Gasteiger partial charge in [-0.3, -0.25) is 0 Å². The Labute approximate surface area is 286 Å². The Hall–Kier alpha value is -6.72. The summed E-state index contributed by atoms with van der Waals surface area (Å²) in [6.45, 7) is 0. The van der Waals surface area contributed by atoms with Crippen molar-refractivity contribution in [2.45, 2.75) is 0 Å². The highest BCUT2D eigenvalue weighted by Gasteiger charge is 2.17. The third-order valence-electron chi connectivity index (χ3n) is 8.42. The molecule has 5 heteroatoms. The van der Waals surface area contributed by atoms with Gasteiger partial charge in [-0.1, -0.05) is 97.1 Å². The molecule has 49 heavy (non-hydrogen) atoms. The van der Waals surface area contributed by atoms with Crippen LogP contribution in [0.2, 0.25) is 0 Å². The first kappa shape index (κ1) is 29.7. The topological polar surface area (TPSA) is 45.4 Å². The number of nitrogens with zero attached hydrogens (tertiary/aromatic N) is 4. The van der Waals surface area contributed by atoms with Crippen LogP contribution in [0.5, 0.6) is 0 Å². The Morgan fingerprint density at radius 3 is 1.14 bits per heavy atom. The summed E-state index contributed by atoms with van der Waals surface area (Å²) < 4.78 is 6.06. The molecule has 0 atom stereocenters. The van der Waals surface area contributed by atoms with Crippen LogP contribution in [0.4, 0.5) is 34.1 Å². The smallest absolute Gasteiger partial charge is 0.248 e. The zero-order valence-electron chi connectivity index (χ0n) is 26.7. The number of benzene rings is 7. The molecule has 0 aliphatic heterocycles. The third kappa shape index (κ3) is 6.33. The molecule has 0 N–H and O–H groups in total. The van der Waals surface area contributed by atoms with Crippen molar-refractivity contribution in [3.8, 4) is 34.0 Å². The van der Waals surface area contributed by atoms with Gasteiger partial charge in [-0.15, -0.1) is 10.2 Å². The van der Waals surface area contributed by atoms with Gasteiger partial charge >= 0.3 is 0 Å². The van der Waals surface area contributed by atoms with Crippen LogP contribution in [0, 0.1) is 0 Å². The highest BCUT2D eigenvalue weighted by atomic mass is 16.4. The van der Waals surface area contributed by atoms with Crippen LogP contribution in [-0.2, 0) is 0 Å². The minimum Gasteiger partial charge on any atom is -0.416 e. The molecule has 1 aromatic heterocycles. The molecule has 5 nitrogen and oxygen atoms in total. The van der Waals surface area contributed by atoms with Crippen molar-refractivity contribution >= 4 is 34.1 Å². The average Bonchev–Trinajstić information content (AvgIpc) is 3.69. The first-order chi connectivity index (χ1) is 24.3. The molecule has 8 aromatic rings. The number of para-hydroxylation sites is 2. The summed E-state index contributed by atoms with van der Waals surface area (Å²) in [6.07, 6.45) is 0. The van der Waals surface area contributed by atoms with Crippen LogP contribution < -0.4 is 9.80 Å². The van der Waals surface area contributed by atoms with Crippen molar-refractivity contribution in [1.82, 2.24) is 10.2 Å². The molecule has 0 spiro atoms. The van der Waals surface area contributed by atoms with Crippen molar-refractivity contribution in [2.24, 2.45) is 0 Å². The van der Waals surface area contributed by atoms with Crippen LogP contribution in [0.25, 0.3) is 34.0 Å². The first-order valence-electron chi connectivity index (χ1n) is 16.3. The van der Waals surface area contributed by atoms with E-state index >= 15 is 0 Å². The fourth-order valence-corrected chi connectivity index (χ4v) is 6.04. The lowest BCUT2D eigenvalue weighted by molar-refractivity contribution is 0.584. The van der Waals surface area contributed by atoms with E-state index in [1.54, 1.807) is 0 Å². The molecule has 0 unspecified atom stereocenters. The summed E-state index contributed by atoms with van der Waals surface area (Å²) in [4.78, 5) is 4.55. The van der Waals surface area contributed by atoms with Gasteiger partial charge in [0, 0.05) is 45.3 Å². The van der Waals surface area contributed by atoms with E-state index < -0.39 is 0 Å². The summed E-state index contributed by atoms with van der Waals surface area (Å²) in [5.74, 6) is 0.980. The fourth-order valence-electron chi connectivity index (χ4n) is 6.04. The van der Waals surface area contributed by atoms with Gasteiger partial charge in [-0.25, -0.2) is 0 Å². The number of hydrogen-bond acceptors (Lipinski definition) is 5. The molecule has 0 amide bonds. The maximum atomic E-state index is 6.06. The van der Waals surface area contributed by atoms with Gasteiger partial charge in [-0.05, 0) is 108 Å². The molecule has 0 saturated carbocycles. The van der Waals surface area contributed by atoms with Crippen LogP contribution >= 0.6 is 0 Å². The highest BCUT2D eigenvalue weighted by Crippen LogP contribution is 2.40. The summed E-state index contributed by atoms with van der Waals surface area (Å²) in [7, 11) is 0. The van der Waals surface area contributed by atoms with Gasteiger partial charge in [-0.2, -0.15) is 0 Å². The van der Waals surface area contributed by atoms with Gasteiger partial charge in [0.25, 0.3) is 0 Å². The predicted octanol–water partition coefficient (Wildman–Crippen LogP) is 12.0. The van der Waals surface area contributed by atoms with Crippen LogP contribution in [-0.4, -0.2) is 10.2 Å². The minimum atomic E-state index is 0.481. The first-order valence-corrected chi connectivity index (χ1v) is 16.3. The quantitative estimate of drug-likeness (QED) is 0.158. The monoisotopic (exact) mass is 632 g/mol. The second-order valence-corrected chi connectivity index (χ2v) is 11.6. The molecule has 0 aliphatic rings. The molecular formula is C44H32N4O. The van der Waals surface area contributed by atoms with Crippen LogP contribution in [0.15, 0.2) is 199 Å². The van der Waals surface area contributed by atoms with E-state index in [-0.39, 0.29) is 0 Å². The Morgan fingerprint density at radius 1 is 0.286 bits per heavy atom. The van der Waals surface area contributed by atoms with E-state index in [2.05, 4.69) is 153 Å². The molecule has 7 aromatic carbocycles. The molecule has 1 heterocycles. The van der Waals surface area contributed by atoms with E-state index in [1.165, 1.54) is 5.56 Å². The van der Waals surface area contributed by atoms with Crippen molar-refractivity contribution in [1.29, 1.82) is 0 Å². The van der Waals surface area contributed by atoms with E-state index in [0.717, 1.165) is 50.8 Å². The molecule has 0 radical (unpaired) electrons. The number of rotatable bonds is 9. The second-order valence-electron chi connectivity index (χ2n) is 11.6. The molecule has 0 aliphatic carbocycles. The van der Waals surface area contributed by atoms with Gasteiger partial charge < -0.3 is 14.2 Å². The Morgan fingerprint density at radius 2 is 0.633 bits per heavy atom. The average molecular weight is 633 g/mol. The molecule has 0 bridgehead atoms. The Kier molecular flexibility index (Phi) is 8.21. The highest BCUT2D eigenvalue weighted by molar-refractivity contribution is 5.83. The summed E-state index contributed by atoms with van der Waals surface area (Å²) in [5, 5.41) is 8.63. The zero-order chi connectivity index (χ0) is 32.8. The van der Waals surface area contributed by atoms with Crippen molar-refractivity contribution < 1.29 is 4.42 Å². The molecular weight excluding hydrogens is 601 g/mol. The normalized spacial score (nSPS) is 10.9. The lowest BCUT2D eigenvalue weighted by atomic mass is 10.0. The second kappa shape index (κ2) is 13.6. The van der Waals surface area contributed by atoms with Gasteiger partial charge in [0.15, 0.2) is 0 Å². The third-order valence-corrected chi connectivity index (χ3v) is 8.42. The van der Waals surface area contributed by atoms with Gasteiger partial charge in [0.2, 0.25) is 11.8 Å². The maximum absolute atomic E-state index is 6.06. The van der Waals surface area contributed by atoms with E-state index in [9.17, 15) is 0 Å². The number of anilines is 6. The molecule has 0 saturated heterocycles. The largest absolute Gasteiger partial charge is 0.416 e. The van der Waals surface area contributed by atoms with Gasteiger partial charge in [0.1, 0.15) is 0 Å². The standard InChI is InChI=1S/C44H32N4O/c1-5-14-33(15-6-1)36-18-13-23-42(32-36)48(39-26-24-35(25-27-39)44-46-45-43(49-44)34-16-7-2-8-17-34)41-30-28-40(29-31-41)47(37-19-9-3-10-20-37)38-21-11-4-12-22-38/h1-32H. The molecule has 8 rings (SSSR count). The van der Waals surface area contributed by atoms with E-state index in [1.807, 2.05) is 60.7 Å². The zero-order valence-corrected chi connectivity index (χ0v) is 26.7. The van der Waals surface area contributed by atoms with Crippen LogP contribution in [0.1, 0.15) is 0 Å². The van der Waals surface area contributed by atoms with Crippen molar-refractivity contribution in [3.05, 3.63) is 194 Å². The van der Waals surface area contributed by atoms with Crippen LogP contribution in [0.3, 0.4) is 0 Å². The SMILES string of the molecule is c1ccc(-c2cccc(N(c3ccc(-c4nnc(-c5ccccc5)o4)cc3)c3ccc(N(c4ccccc4)c4ccccc4)cc3)c2)cc1. The predicted molar refractivity (Wildman–Crippen MR) is 200 cm³/mol. The molecule has 234 valence electrons. The molecule has 0 fully saturated rings. The fraction of sp³-hybridized carbons (Fsp3) is 0. The number of aromatic nitrogens is 2. The van der Waals surface area contributed by atoms with Crippen molar-refractivity contribution in [2.75, 3.05) is 9.80 Å².